The first-order valence-corrected chi connectivity index (χ1v) is 8.80. The van der Waals surface area contributed by atoms with E-state index in [0.717, 1.165) is 49.3 Å². The summed E-state index contributed by atoms with van der Waals surface area (Å²) in [4.78, 5) is 14.8. The summed E-state index contributed by atoms with van der Waals surface area (Å²) >= 11 is 0. The molecule has 128 valence electrons. The van der Waals surface area contributed by atoms with Gasteiger partial charge in [0, 0.05) is 25.3 Å². The van der Waals surface area contributed by atoms with Gasteiger partial charge in [-0.1, -0.05) is 6.92 Å². The number of carbonyl (C=O) groups excluding carboxylic acids is 1. The van der Waals surface area contributed by atoms with Gasteiger partial charge < -0.3 is 14.4 Å². The zero-order valence-corrected chi connectivity index (χ0v) is 14.6. The van der Waals surface area contributed by atoms with Gasteiger partial charge in [0.1, 0.15) is 5.75 Å². The summed E-state index contributed by atoms with van der Waals surface area (Å²) in [7, 11) is 0. The molecule has 0 N–H and O–H groups in total. The molecule has 0 radical (unpaired) electrons. The van der Waals surface area contributed by atoms with Gasteiger partial charge in [0.15, 0.2) is 0 Å². The number of amides is 1. The molecule has 4 heteroatoms. The number of hydrogen-bond acceptors (Lipinski definition) is 3. The number of aryl methyl sites for hydroxylation is 1. The average molecular weight is 319 g/mol. The van der Waals surface area contributed by atoms with Gasteiger partial charge in [-0.15, -0.1) is 0 Å². The Labute approximate surface area is 139 Å². The lowest BCUT2D eigenvalue weighted by atomic mass is 10.1. The molecule has 1 unspecified atom stereocenters. The lowest BCUT2D eigenvalue weighted by molar-refractivity contribution is -0.00384. The lowest BCUT2D eigenvalue weighted by Crippen LogP contribution is -2.40. The molecule has 1 aromatic rings. The van der Waals surface area contributed by atoms with Crippen molar-refractivity contribution in [2.75, 3.05) is 26.3 Å². The van der Waals surface area contributed by atoms with Crippen molar-refractivity contribution in [1.29, 1.82) is 0 Å². The van der Waals surface area contributed by atoms with Crippen molar-refractivity contribution in [3.63, 3.8) is 0 Å². The second-order valence-electron chi connectivity index (χ2n) is 6.15. The molecule has 2 rings (SSSR count). The molecule has 1 aromatic carbocycles. The first-order valence-electron chi connectivity index (χ1n) is 8.80. The Morgan fingerprint density at radius 1 is 1.35 bits per heavy atom. The van der Waals surface area contributed by atoms with Gasteiger partial charge in [0.2, 0.25) is 0 Å². The van der Waals surface area contributed by atoms with E-state index in [1.54, 1.807) is 0 Å². The van der Waals surface area contributed by atoms with Crippen LogP contribution in [0.1, 0.15) is 55.5 Å². The zero-order valence-electron chi connectivity index (χ0n) is 14.6. The van der Waals surface area contributed by atoms with Gasteiger partial charge in [-0.25, -0.2) is 0 Å². The second-order valence-corrected chi connectivity index (χ2v) is 6.15. The number of ether oxygens (including phenoxy) is 2. The van der Waals surface area contributed by atoms with Crippen LogP contribution in [0.3, 0.4) is 0 Å². The van der Waals surface area contributed by atoms with Crippen molar-refractivity contribution in [3.05, 3.63) is 29.3 Å². The Morgan fingerprint density at radius 3 is 2.78 bits per heavy atom. The van der Waals surface area contributed by atoms with E-state index in [-0.39, 0.29) is 12.0 Å². The molecule has 1 fully saturated rings. The van der Waals surface area contributed by atoms with Crippen molar-refractivity contribution in [2.45, 2.75) is 52.6 Å². The van der Waals surface area contributed by atoms with Gasteiger partial charge in [-0.05, 0) is 63.3 Å². The molecule has 0 aliphatic carbocycles. The highest BCUT2D eigenvalue weighted by atomic mass is 16.5. The van der Waals surface area contributed by atoms with Crippen LogP contribution in [0.15, 0.2) is 18.2 Å². The molecular formula is C19H29NO3. The van der Waals surface area contributed by atoms with Crippen LogP contribution in [0.4, 0.5) is 0 Å². The smallest absolute Gasteiger partial charge is 0.253 e. The summed E-state index contributed by atoms with van der Waals surface area (Å²) in [6.45, 7) is 8.97. The van der Waals surface area contributed by atoms with Gasteiger partial charge in [-0.2, -0.15) is 0 Å². The molecule has 23 heavy (non-hydrogen) atoms. The van der Waals surface area contributed by atoms with E-state index in [1.165, 1.54) is 6.42 Å². The molecule has 4 nitrogen and oxygen atoms in total. The third-order valence-electron chi connectivity index (χ3n) is 4.20. The Bertz CT molecular complexity index is 509. The third-order valence-corrected chi connectivity index (χ3v) is 4.20. The van der Waals surface area contributed by atoms with Crippen molar-refractivity contribution < 1.29 is 14.3 Å². The standard InChI is InChI=1S/C19H29NO3/c1-4-11-20(14-17-8-6-7-12-23-17)19(21)16-9-10-18(22-5-2)15(3)13-16/h9-10,13,17H,4-8,11-12,14H2,1-3H3. The van der Waals surface area contributed by atoms with E-state index >= 15 is 0 Å². The van der Waals surface area contributed by atoms with Gasteiger partial charge in [0.25, 0.3) is 5.91 Å². The molecule has 1 heterocycles. The first-order chi connectivity index (χ1) is 11.2. The summed E-state index contributed by atoms with van der Waals surface area (Å²) < 4.78 is 11.4. The highest BCUT2D eigenvalue weighted by Crippen LogP contribution is 2.21. The van der Waals surface area contributed by atoms with Crippen molar-refractivity contribution in [2.24, 2.45) is 0 Å². The maximum Gasteiger partial charge on any atom is 0.253 e. The minimum absolute atomic E-state index is 0.0900. The molecule has 1 aliphatic rings. The van der Waals surface area contributed by atoms with Gasteiger partial charge in [0.05, 0.1) is 12.7 Å². The quantitative estimate of drug-likeness (QED) is 0.767. The number of rotatable bonds is 7. The summed E-state index contributed by atoms with van der Waals surface area (Å²) in [5, 5.41) is 0. The molecular weight excluding hydrogens is 290 g/mol. The third kappa shape index (κ3) is 4.96. The monoisotopic (exact) mass is 319 g/mol. The SMILES string of the molecule is CCCN(CC1CCCCO1)C(=O)c1ccc(OCC)c(C)c1. The molecule has 0 aromatic heterocycles. The largest absolute Gasteiger partial charge is 0.494 e. The van der Waals surface area contributed by atoms with Crippen LogP contribution in [-0.2, 0) is 4.74 Å². The van der Waals surface area contributed by atoms with E-state index in [9.17, 15) is 4.79 Å². The molecule has 1 saturated heterocycles. The summed E-state index contributed by atoms with van der Waals surface area (Å²) in [5.41, 5.74) is 1.73. The van der Waals surface area contributed by atoms with Crippen LogP contribution >= 0.6 is 0 Å². The molecule has 0 spiro atoms. The Balaban J connectivity index is 2.08. The fourth-order valence-corrected chi connectivity index (χ4v) is 3.03. The average Bonchev–Trinajstić information content (AvgIpc) is 2.57. The summed E-state index contributed by atoms with van der Waals surface area (Å²) in [5.74, 6) is 0.939. The maximum absolute atomic E-state index is 12.9. The first kappa shape index (κ1) is 17.8. The van der Waals surface area contributed by atoms with E-state index < -0.39 is 0 Å². The zero-order chi connectivity index (χ0) is 16.7. The van der Waals surface area contributed by atoms with Crippen molar-refractivity contribution in [3.8, 4) is 5.75 Å². The van der Waals surface area contributed by atoms with Crippen molar-refractivity contribution >= 4 is 5.91 Å². The van der Waals surface area contributed by atoms with E-state index in [0.29, 0.717) is 13.2 Å². The Kier molecular flexibility index (Phi) is 6.90. The number of carbonyl (C=O) groups is 1. The molecule has 1 amide bonds. The predicted molar refractivity (Wildman–Crippen MR) is 92.1 cm³/mol. The fourth-order valence-electron chi connectivity index (χ4n) is 3.03. The second kappa shape index (κ2) is 8.92. The van der Waals surface area contributed by atoms with Crippen molar-refractivity contribution in [1.82, 2.24) is 4.90 Å². The van der Waals surface area contributed by atoms with Crippen LogP contribution in [0.5, 0.6) is 5.75 Å². The van der Waals surface area contributed by atoms with Crippen LogP contribution in [0.2, 0.25) is 0 Å². The fraction of sp³-hybridized carbons (Fsp3) is 0.632. The van der Waals surface area contributed by atoms with Crippen LogP contribution in [-0.4, -0.2) is 43.2 Å². The van der Waals surface area contributed by atoms with E-state index in [1.807, 2.05) is 36.9 Å². The Morgan fingerprint density at radius 2 is 2.17 bits per heavy atom. The maximum atomic E-state index is 12.9. The summed E-state index contributed by atoms with van der Waals surface area (Å²) in [6.07, 6.45) is 4.52. The lowest BCUT2D eigenvalue weighted by Gasteiger charge is -2.30. The number of nitrogens with zero attached hydrogens (tertiary/aromatic N) is 1. The molecule has 0 saturated carbocycles. The minimum atomic E-state index is 0.0900. The topological polar surface area (TPSA) is 38.8 Å². The molecule has 0 bridgehead atoms. The predicted octanol–water partition coefficient (Wildman–Crippen LogP) is 3.82. The molecule has 1 aliphatic heterocycles. The number of benzene rings is 1. The minimum Gasteiger partial charge on any atom is -0.494 e. The van der Waals surface area contributed by atoms with Gasteiger partial charge >= 0.3 is 0 Å². The van der Waals surface area contributed by atoms with Gasteiger partial charge in [-0.3, -0.25) is 4.79 Å². The number of hydrogen-bond donors (Lipinski definition) is 0. The Hall–Kier alpha value is -1.55. The normalized spacial score (nSPS) is 17.8. The highest BCUT2D eigenvalue weighted by Gasteiger charge is 2.22. The summed E-state index contributed by atoms with van der Waals surface area (Å²) in [6, 6.07) is 5.69. The van der Waals surface area contributed by atoms with Crippen LogP contribution in [0.25, 0.3) is 0 Å². The van der Waals surface area contributed by atoms with Crippen LogP contribution in [0, 0.1) is 6.92 Å². The van der Waals surface area contributed by atoms with E-state index in [4.69, 9.17) is 9.47 Å². The van der Waals surface area contributed by atoms with E-state index in [2.05, 4.69) is 6.92 Å². The highest BCUT2D eigenvalue weighted by molar-refractivity contribution is 5.94. The molecule has 1 atom stereocenters. The van der Waals surface area contributed by atoms with Crippen LogP contribution < -0.4 is 4.74 Å².